The van der Waals surface area contributed by atoms with Crippen molar-refractivity contribution in [3.63, 3.8) is 0 Å². The van der Waals surface area contributed by atoms with Crippen molar-refractivity contribution in [2.24, 2.45) is 11.8 Å². The molecule has 15 heavy (non-hydrogen) atoms. The van der Waals surface area contributed by atoms with Crippen LogP contribution in [0.5, 0.6) is 0 Å². The van der Waals surface area contributed by atoms with Gasteiger partial charge in [0.25, 0.3) is 0 Å². The molecule has 0 N–H and O–H groups in total. The third kappa shape index (κ3) is 3.78. The number of nitrogens with zero attached hydrogens (tertiary/aromatic N) is 2. The van der Waals surface area contributed by atoms with Crippen LogP contribution in [0.1, 0.15) is 26.7 Å². The third-order valence-corrected chi connectivity index (χ3v) is 3.42. The quantitative estimate of drug-likeness (QED) is 0.646. The Bertz CT molecular complexity index is 264. The maximum atomic E-state index is 2.38. The first-order valence-electron chi connectivity index (χ1n) is 5.90. The van der Waals surface area contributed by atoms with Crippen LogP contribution in [0, 0.1) is 11.8 Å². The molecule has 0 fully saturated rings. The fourth-order valence-corrected chi connectivity index (χ4v) is 2.08. The van der Waals surface area contributed by atoms with Crippen LogP contribution in [0.3, 0.4) is 0 Å². The minimum Gasteiger partial charge on any atom is -0.309 e. The summed E-state index contributed by atoms with van der Waals surface area (Å²) in [5.74, 6) is 1.48. The molecule has 2 nitrogen and oxygen atoms in total. The predicted octanol–water partition coefficient (Wildman–Crippen LogP) is 2.21. The average Bonchev–Trinajstić information content (AvgIpc) is 2.26. The lowest BCUT2D eigenvalue weighted by Crippen LogP contribution is -2.21. The van der Waals surface area contributed by atoms with Crippen LogP contribution >= 0.6 is 0 Å². The lowest BCUT2D eigenvalue weighted by molar-refractivity contribution is -0.440. The molecule has 0 radical (unpaired) electrons. The SMILES string of the molecule is CC1=CCC(CCN(C)C)C(C)C=[N+]1C. The van der Waals surface area contributed by atoms with Crippen LogP contribution in [0.2, 0.25) is 0 Å². The van der Waals surface area contributed by atoms with Crippen molar-refractivity contribution in [1.29, 1.82) is 0 Å². The van der Waals surface area contributed by atoms with Crippen LogP contribution in [0.15, 0.2) is 11.8 Å². The monoisotopic (exact) mass is 209 g/mol. The molecule has 86 valence electrons. The van der Waals surface area contributed by atoms with Gasteiger partial charge < -0.3 is 4.90 Å². The fraction of sp³-hybridized carbons (Fsp3) is 0.769. The van der Waals surface area contributed by atoms with Gasteiger partial charge in [0.15, 0.2) is 5.70 Å². The van der Waals surface area contributed by atoms with Crippen molar-refractivity contribution >= 4 is 6.21 Å². The maximum Gasteiger partial charge on any atom is 0.173 e. The van der Waals surface area contributed by atoms with Gasteiger partial charge in [0.2, 0.25) is 0 Å². The average molecular weight is 209 g/mol. The minimum atomic E-state index is 0.684. The van der Waals surface area contributed by atoms with E-state index in [1.54, 1.807) is 0 Å². The summed E-state index contributed by atoms with van der Waals surface area (Å²) in [5.41, 5.74) is 1.38. The van der Waals surface area contributed by atoms with E-state index in [0.717, 1.165) is 5.92 Å². The molecule has 0 spiro atoms. The summed E-state index contributed by atoms with van der Waals surface area (Å²) in [5, 5.41) is 0. The summed E-state index contributed by atoms with van der Waals surface area (Å²) >= 11 is 0. The number of rotatable bonds is 3. The number of hydrogen-bond donors (Lipinski definition) is 0. The molecule has 0 aromatic rings. The topological polar surface area (TPSA) is 6.25 Å². The van der Waals surface area contributed by atoms with E-state index in [1.807, 2.05) is 0 Å². The molecule has 2 atom stereocenters. The molecule has 0 aromatic heterocycles. The van der Waals surface area contributed by atoms with E-state index in [2.05, 4.69) is 56.8 Å². The Morgan fingerprint density at radius 2 is 2.13 bits per heavy atom. The Hall–Kier alpha value is -0.630. The van der Waals surface area contributed by atoms with E-state index >= 15 is 0 Å². The highest BCUT2D eigenvalue weighted by molar-refractivity contribution is 5.56. The highest BCUT2D eigenvalue weighted by atomic mass is 15.0. The second kappa shape index (κ2) is 5.45. The van der Waals surface area contributed by atoms with Gasteiger partial charge in [-0.25, -0.2) is 4.58 Å². The van der Waals surface area contributed by atoms with E-state index in [-0.39, 0.29) is 0 Å². The van der Waals surface area contributed by atoms with Crippen molar-refractivity contribution in [1.82, 2.24) is 4.90 Å². The van der Waals surface area contributed by atoms with Gasteiger partial charge in [-0.15, -0.1) is 0 Å². The van der Waals surface area contributed by atoms with Crippen LogP contribution < -0.4 is 0 Å². The molecule has 0 amide bonds. The van der Waals surface area contributed by atoms with Crippen molar-refractivity contribution in [3.8, 4) is 0 Å². The maximum absolute atomic E-state index is 2.38. The van der Waals surface area contributed by atoms with Gasteiger partial charge >= 0.3 is 0 Å². The summed E-state index contributed by atoms with van der Waals surface area (Å²) in [4.78, 5) is 2.28. The van der Waals surface area contributed by atoms with Crippen molar-refractivity contribution in [3.05, 3.63) is 11.8 Å². The Balaban J connectivity index is 2.60. The van der Waals surface area contributed by atoms with Crippen LogP contribution in [0.4, 0.5) is 0 Å². The first kappa shape index (κ1) is 12.4. The molecule has 1 aliphatic heterocycles. The summed E-state index contributed by atoms with van der Waals surface area (Å²) in [7, 11) is 6.45. The molecule has 1 heterocycles. The highest BCUT2D eigenvalue weighted by Gasteiger charge is 2.21. The Morgan fingerprint density at radius 1 is 1.47 bits per heavy atom. The Kier molecular flexibility index (Phi) is 4.52. The first-order valence-corrected chi connectivity index (χ1v) is 5.90. The zero-order valence-corrected chi connectivity index (χ0v) is 10.8. The van der Waals surface area contributed by atoms with E-state index < -0.39 is 0 Å². The molecule has 2 unspecified atom stereocenters. The number of allylic oxidation sites excluding steroid dienone is 2. The molecular formula is C13H25N2+. The standard InChI is InChI=1S/C13H25N2/c1-11-10-15(5)12(2)6-7-13(11)8-9-14(3)4/h6,10-11,13H,7-9H2,1-5H3/q+1. The van der Waals surface area contributed by atoms with Gasteiger partial charge in [-0.2, -0.15) is 0 Å². The molecule has 0 saturated carbocycles. The Labute approximate surface area is 94.3 Å². The van der Waals surface area contributed by atoms with Crippen molar-refractivity contribution in [2.75, 3.05) is 27.7 Å². The molecular weight excluding hydrogens is 184 g/mol. The van der Waals surface area contributed by atoms with Crippen molar-refractivity contribution < 1.29 is 4.58 Å². The summed E-state index contributed by atoms with van der Waals surface area (Å²) < 4.78 is 2.26. The zero-order chi connectivity index (χ0) is 11.4. The van der Waals surface area contributed by atoms with Crippen molar-refractivity contribution in [2.45, 2.75) is 26.7 Å². The van der Waals surface area contributed by atoms with Gasteiger partial charge in [-0.1, -0.05) is 6.92 Å². The predicted molar refractivity (Wildman–Crippen MR) is 66.4 cm³/mol. The van der Waals surface area contributed by atoms with Gasteiger partial charge in [-0.05, 0) is 45.5 Å². The second-order valence-electron chi connectivity index (χ2n) is 5.05. The summed E-state index contributed by atoms with van der Waals surface area (Å²) in [6.45, 7) is 5.72. The van der Waals surface area contributed by atoms with Gasteiger partial charge in [0, 0.05) is 12.8 Å². The van der Waals surface area contributed by atoms with E-state index in [1.165, 1.54) is 25.1 Å². The molecule has 0 aliphatic carbocycles. The van der Waals surface area contributed by atoms with Gasteiger partial charge in [0.05, 0.1) is 0 Å². The largest absolute Gasteiger partial charge is 0.309 e. The molecule has 0 saturated heterocycles. The lowest BCUT2D eigenvalue weighted by atomic mass is 9.89. The molecule has 1 rings (SSSR count). The third-order valence-electron chi connectivity index (χ3n) is 3.42. The molecule has 2 heteroatoms. The fourth-order valence-electron chi connectivity index (χ4n) is 2.08. The lowest BCUT2D eigenvalue weighted by Gasteiger charge is -2.19. The second-order valence-corrected chi connectivity index (χ2v) is 5.05. The zero-order valence-electron chi connectivity index (χ0n) is 10.8. The Morgan fingerprint density at radius 3 is 2.73 bits per heavy atom. The number of hydrogen-bond acceptors (Lipinski definition) is 1. The first-order chi connectivity index (χ1) is 7.00. The smallest absolute Gasteiger partial charge is 0.173 e. The normalized spacial score (nSPS) is 27.3. The minimum absolute atomic E-state index is 0.684. The van der Waals surface area contributed by atoms with Gasteiger partial charge in [-0.3, -0.25) is 0 Å². The van der Waals surface area contributed by atoms with Crippen LogP contribution in [0.25, 0.3) is 0 Å². The van der Waals surface area contributed by atoms with Crippen LogP contribution in [-0.4, -0.2) is 43.4 Å². The van der Waals surface area contributed by atoms with E-state index in [0.29, 0.717) is 5.92 Å². The molecule has 0 bridgehead atoms. The van der Waals surface area contributed by atoms with E-state index in [4.69, 9.17) is 0 Å². The summed E-state index contributed by atoms with van der Waals surface area (Å²) in [6.07, 6.45) is 7.25. The van der Waals surface area contributed by atoms with Gasteiger partial charge in [0.1, 0.15) is 13.3 Å². The highest BCUT2D eigenvalue weighted by Crippen LogP contribution is 2.22. The van der Waals surface area contributed by atoms with E-state index in [9.17, 15) is 0 Å². The van der Waals surface area contributed by atoms with Crippen LogP contribution in [-0.2, 0) is 0 Å². The molecule has 1 aliphatic rings. The molecule has 0 aromatic carbocycles. The summed E-state index contributed by atoms with van der Waals surface area (Å²) in [6, 6.07) is 0.